The lowest BCUT2D eigenvalue weighted by molar-refractivity contribution is 1.18. The van der Waals surface area contributed by atoms with Gasteiger partial charge in [-0.3, -0.25) is 4.90 Å². The summed E-state index contributed by atoms with van der Waals surface area (Å²) in [5.41, 5.74) is 8.47. The quantitative estimate of drug-likeness (QED) is 0.205. The number of para-hydroxylation sites is 2. The molecule has 3 heterocycles. The van der Waals surface area contributed by atoms with Gasteiger partial charge in [-0.25, -0.2) is 9.97 Å². The molecule has 44 heavy (non-hydrogen) atoms. The second-order valence-electron chi connectivity index (χ2n) is 11.4. The van der Waals surface area contributed by atoms with Crippen LogP contribution in [0.1, 0.15) is 0 Å². The minimum Gasteiger partial charge on any atom is -0.292 e. The largest absolute Gasteiger partial charge is 0.292 e. The second kappa shape index (κ2) is 8.96. The lowest BCUT2D eigenvalue weighted by Crippen LogP contribution is -2.18. The van der Waals surface area contributed by atoms with Crippen LogP contribution in [-0.2, 0) is 0 Å². The topological polar surface area (TPSA) is 29.0 Å². The zero-order valence-electron chi connectivity index (χ0n) is 23.5. The van der Waals surface area contributed by atoms with Crippen LogP contribution >= 0.6 is 11.3 Å². The van der Waals surface area contributed by atoms with Gasteiger partial charge in [0.25, 0.3) is 0 Å². The first-order valence-corrected chi connectivity index (χ1v) is 15.7. The van der Waals surface area contributed by atoms with Gasteiger partial charge in [-0.2, -0.15) is 0 Å². The van der Waals surface area contributed by atoms with Crippen molar-refractivity contribution in [3.05, 3.63) is 140 Å². The Balaban J connectivity index is 1.37. The monoisotopic (exact) mass is 577 g/mol. The third kappa shape index (κ3) is 3.26. The highest BCUT2D eigenvalue weighted by Gasteiger charge is 2.31. The molecule has 0 radical (unpaired) electrons. The molecule has 0 atom stereocenters. The van der Waals surface area contributed by atoms with E-state index in [-0.39, 0.29) is 0 Å². The van der Waals surface area contributed by atoms with Gasteiger partial charge < -0.3 is 0 Å². The number of nitrogens with zero attached hydrogens (tertiary/aromatic N) is 3. The molecular weight excluding hydrogens is 555 g/mol. The van der Waals surface area contributed by atoms with Crippen molar-refractivity contribution in [2.75, 3.05) is 4.90 Å². The maximum atomic E-state index is 5.44. The van der Waals surface area contributed by atoms with E-state index in [9.17, 15) is 0 Å². The molecule has 0 saturated carbocycles. The van der Waals surface area contributed by atoms with Crippen LogP contribution in [0.3, 0.4) is 0 Å². The molecule has 0 amide bonds. The Morgan fingerprint density at radius 1 is 0.477 bits per heavy atom. The zero-order chi connectivity index (χ0) is 28.8. The fourth-order valence-corrected chi connectivity index (χ4v) is 8.28. The minimum atomic E-state index is 0.840. The van der Waals surface area contributed by atoms with Gasteiger partial charge in [-0.1, -0.05) is 109 Å². The van der Waals surface area contributed by atoms with Crippen molar-refractivity contribution >= 4 is 81.3 Å². The van der Waals surface area contributed by atoms with Crippen molar-refractivity contribution in [3.63, 3.8) is 0 Å². The first-order valence-electron chi connectivity index (χ1n) is 14.8. The van der Waals surface area contributed by atoms with Crippen molar-refractivity contribution in [2.45, 2.75) is 0 Å². The molecule has 1 aliphatic rings. The molecule has 204 valence electrons. The molecule has 10 rings (SSSR count). The van der Waals surface area contributed by atoms with Crippen molar-refractivity contribution in [3.8, 4) is 22.4 Å². The number of thiophene rings is 1. The van der Waals surface area contributed by atoms with Gasteiger partial charge in [-0.15, -0.1) is 11.3 Å². The van der Waals surface area contributed by atoms with Crippen molar-refractivity contribution in [2.24, 2.45) is 0 Å². The van der Waals surface area contributed by atoms with Crippen LogP contribution in [0.5, 0.6) is 0 Å². The standard InChI is InChI=1S/C40H23N3S/c1-2-13-26-24(10-1)22-23-34-37(26)29-16-7-11-25-12-8-20-33(36(25)29)43(34)40-38(41-31-18-4-5-19-32(31)42-40)30-17-9-15-28-27-14-3-6-21-35(27)44-39(28)30/h1-23H. The molecule has 7 aromatic carbocycles. The van der Waals surface area contributed by atoms with Crippen LogP contribution < -0.4 is 4.90 Å². The molecule has 2 aromatic heterocycles. The number of hydrogen-bond donors (Lipinski definition) is 0. The smallest absolute Gasteiger partial charge is 0.165 e. The summed E-state index contributed by atoms with van der Waals surface area (Å²) in [5, 5.41) is 7.44. The van der Waals surface area contributed by atoms with E-state index in [1.165, 1.54) is 52.8 Å². The molecule has 0 spiro atoms. The van der Waals surface area contributed by atoms with Crippen molar-refractivity contribution < 1.29 is 0 Å². The number of aromatic nitrogens is 2. The van der Waals surface area contributed by atoms with Crippen LogP contribution in [0.25, 0.3) is 75.1 Å². The number of benzene rings is 7. The number of rotatable bonds is 2. The molecule has 1 aliphatic heterocycles. The van der Waals surface area contributed by atoms with E-state index < -0.39 is 0 Å². The van der Waals surface area contributed by atoms with Crippen molar-refractivity contribution in [1.29, 1.82) is 0 Å². The summed E-state index contributed by atoms with van der Waals surface area (Å²) in [7, 11) is 0. The van der Waals surface area contributed by atoms with Gasteiger partial charge >= 0.3 is 0 Å². The fourth-order valence-electron chi connectivity index (χ4n) is 7.06. The van der Waals surface area contributed by atoms with E-state index in [0.29, 0.717) is 0 Å². The van der Waals surface area contributed by atoms with Gasteiger partial charge in [0, 0.05) is 36.7 Å². The summed E-state index contributed by atoms with van der Waals surface area (Å²) >= 11 is 1.83. The van der Waals surface area contributed by atoms with Crippen molar-refractivity contribution in [1.82, 2.24) is 9.97 Å². The first-order chi connectivity index (χ1) is 21.8. The van der Waals surface area contributed by atoms with Crippen LogP contribution in [0.2, 0.25) is 0 Å². The van der Waals surface area contributed by atoms with Crippen LogP contribution in [-0.4, -0.2) is 9.97 Å². The highest BCUT2D eigenvalue weighted by Crippen LogP contribution is 2.54. The lowest BCUT2D eigenvalue weighted by Gasteiger charge is -2.34. The van der Waals surface area contributed by atoms with Gasteiger partial charge in [-0.05, 0) is 52.1 Å². The highest BCUT2D eigenvalue weighted by molar-refractivity contribution is 7.26. The zero-order valence-corrected chi connectivity index (χ0v) is 24.3. The van der Waals surface area contributed by atoms with E-state index in [1.54, 1.807) is 0 Å². The molecule has 0 unspecified atom stereocenters. The molecule has 4 heteroatoms. The summed E-state index contributed by atoms with van der Waals surface area (Å²) in [6.07, 6.45) is 0. The Hall–Kier alpha value is -5.58. The summed E-state index contributed by atoms with van der Waals surface area (Å²) in [6.45, 7) is 0. The van der Waals surface area contributed by atoms with Gasteiger partial charge in [0.2, 0.25) is 0 Å². The van der Waals surface area contributed by atoms with Crippen LogP contribution in [0.15, 0.2) is 140 Å². The van der Waals surface area contributed by atoms with E-state index in [0.717, 1.165) is 39.5 Å². The lowest BCUT2D eigenvalue weighted by atomic mass is 9.88. The SMILES string of the molecule is c1ccc2c3c(ccc2c1)N(c1nc2ccccc2nc1-c1cccc2c1sc1ccccc12)c1cccc2cccc-3c12. The Labute approximate surface area is 257 Å². The van der Waals surface area contributed by atoms with Gasteiger partial charge in [0.15, 0.2) is 5.82 Å². The summed E-state index contributed by atoms with van der Waals surface area (Å²) in [4.78, 5) is 13.2. The molecule has 0 saturated heterocycles. The average Bonchev–Trinajstić information content (AvgIpc) is 3.47. The second-order valence-corrected chi connectivity index (χ2v) is 12.4. The molecule has 9 aromatic rings. The summed E-state index contributed by atoms with van der Waals surface area (Å²) in [5.74, 6) is 0.840. The van der Waals surface area contributed by atoms with Crippen LogP contribution in [0, 0.1) is 0 Å². The third-order valence-corrected chi connectivity index (χ3v) is 10.2. The molecule has 0 fully saturated rings. The summed E-state index contributed by atoms with van der Waals surface area (Å²) < 4.78 is 2.51. The van der Waals surface area contributed by atoms with E-state index >= 15 is 0 Å². The number of fused-ring (bicyclic) bond motifs is 8. The maximum Gasteiger partial charge on any atom is 0.165 e. The Bertz CT molecular complexity index is 2630. The molecular formula is C40H23N3S. The molecule has 3 nitrogen and oxygen atoms in total. The van der Waals surface area contributed by atoms with E-state index in [2.05, 4.69) is 132 Å². The van der Waals surface area contributed by atoms with E-state index in [4.69, 9.17) is 9.97 Å². The normalized spacial score (nSPS) is 12.5. The molecule has 0 aliphatic carbocycles. The van der Waals surface area contributed by atoms with E-state index in [1.807, 2.05) is 23.5 Å². The first kappa shape index (κ1) is 23.9. The summed E-state index contributed by atoms with van der Waals surface area (Å²) in [6, 6.07) is 49.9. The predicted molar refractivity (Wildman–Crippen MR) is 187 cm³/mol. The fraction of sp³-hybridized carbons (Fsp3) is 0. The Kier molecular flexibility index (Phi) is 4.87. The number of hydrogen-bond acceptors (Lipinski definition) is 4. The highest BCUT2D eigenvalue weighted by atomic mass is 32.1. The maximum absolute atomic E-state index is 5.44. The predicted octanol–water partition coefficient (Wildman–Crippen LogP) is 11.4. The van der Waals surface area contributed by atoms with Crippen LogP contribution in [0.4, 0.5) is 17.2 Å². The Morgan fingerprint density at radius 2 is 1.16 bits per heavy atom. The third-order valence-electron chi connectivity index (χ3n) is 8.96. The minimum absolute atomic E-state index is 0.840. The van der Waals surface area contributed by atoms with Gasteiger partial charge in [0.1, 0.15) is 5.69 Å². The van der Waals surface area contributed by atoms with Gasteiger partial charge in [0.05, 0.1) is 22.4 Å². The molecule has 0 bridgehead atoms. The number of anilines is 3. The Morgan fingerprint density at radius 3 is 2.07 bits per heavy atom. The molecule has 0 N–H and O–H groups in total. The average molecular weight is 578 g/mol.